The van der Waals surface area contributed by atoms with Gasteiger partial charge in [-0.2, -0.15) is 5.10 Å². The lowest BCUT2D eigenvalue weighted by Crippen LogP contribution is -2.47. The number of amides is 2. The van der Waals surface area contributed by atoms with Crippen molar-refractivity contribution in [3.63, 3.8) is 0 Å². The molecule has 24 heavy (non-hydrogen) atoms. The normalized spacial score (nSPS) is 16.5. The fraction of sp³-hybridized carbons (Fsp3) is 0.438. The van der Waals surface area contributed by atoms with E-state index in [-0.39, 0.29) is 12.1 Å². The summed E-state index contributed by atoms with van der Waals surface area (Å²) >= 11 is 0. The van der Waals surface area contributed by atoms with Crippen LogP contribution < -0.4 is 10.6 Å². The van der Waals surface area contributed by atoms with Crippen molar-refractivity contribution in [1.29, 1.82) is 0 Å². The molecule has 0 unspecified atom stereocenters. The molecule has 0 bridgehead atoms. The summed E-state index contributed by atoms with van der Waals surface area (Å²) in [5, 5.41) is 9.97. The van der Waals surface area contributed by atoms with Gasteiger partial charge >= 0.3 is 6.03 Å². The second-order valence-corrected chi connectivity index (χ2v) is 5.74. The molecule has 2 aromatic rings. The number of morpholine rings is 1. The van der Waals surface area contributed by atoms with Crippen molar-refractivity contribution in [2.75, 3.05) is 38.2 Å². The van der Waals surface area contributed by atoms with Gasteiger partial charge < -0.3 is 15.4 Å². The van der Waals surface area contributed by atoms with Crippen LogP contribution in [0, 0.1) is 0 Å². The molecule has 8 nitrogen and oxygen atoms in total. The van der Waals surface area contributed by atoms with E-state index in [2.05, 4.69) is 25.6 Å². The number of rotatable bonds is 5. The van der Waals surface area contributed by atoms with E-state index in [9.17, 15) is 4.79 Å². The maximum atomic E-state index is 12.3. The molecule has 1 aliphatic rings. The van der Waals surface area contributed by atoms with Gasteiger partial charge in [-0.25, -0.2) is 14.5 Å². The first-order valence-electron chi connectivity index (χ1n) is 8.05. The molecular weight excluding hydrogens is 308 g/mol. The lowest BCUT2D eigenvalue weighted by molar-refractivity contribution is 0.0350. The zero-order valence-corrected chi connectivity index (χ0v) is 13.7. The van der Waals surface area contributed by atoms with E-state index < -0.39 is 0 Å². The van der Waals surface area contributed by atoms with Crippen LogP contribution >= 0.6 is 0 Å². The number of carbonyl (C=O) groups excluding carboxylic acids is 1. The molecular formula is C16H22N6O2. The van der Waals surface area contributed by atoms with E-state index >= 15 is 0 Å². The Labute approximate surface area is 140 Å². The highest BCUT2D eigenvalue weighted by Crippen LogP contribution is 2.15. The van der Waals surface area contributed by atoms with E-state index in [0.717, 1.165) is 32.8 Å². The van der Waals surface area contributed by atoms with E-state index in [1.165, 1.54) is 0 Å². The van der Waals surface area contributed by atoms with Gasteiger partial charge in [0.25, 0.3) is 0 Å². The van der Waals surface area contributed by atoms with Crippen molar-refractivity contribution in [3.05, 3.63) is 36.8 Å². The van der Waals surface area contributed by atoms with Crippen LogP contribution in [0.3, 0.4) is 0 Å². The minimum Gasteiger partial charge on any atom is -0.379 e. The molecule has 0 saturated carbocycles. The second kappa shape index (κ2) is 7.89. The van der Waals surface area contributed by atoms with Crippen LogP contribution in [0.25, 0.3) is 5.82 Å². The number of carbonyl (C=O) groups is 1. The Bertz CT molecular complexity index is 654. The number of nitrogens with zero attached hydrogens (tertiary/aromatic N) is 4. The van der Waals surface area contributed by atoms with E-state index in [4.69, 9.17) is 4.74 Å². The van der Waals surface area contributed by atoms with Crippen LogP contribution in [0.5, 0.6) is 0 Å². The number of nitrogens with one attached hydrogen (secondary N) is 2. The van der Waals surface area contributed by atoms with Crippen molar-refractivity contribution in [2.24, 2.45) is 0 Å². The first kappa shape index (κ1) is 16.4. The Morgan fingerprint density at radius 2 is 2.17 bits per heavy atom. The minimum atomic E-state index is -0.253. The number of hydrogen-bond acceptors (Lipinski definition) is 5. The van der Waals surface area contributed by atoms with Crippen LogP contribution in [0.4, 0.5) is 10.5 Å². The molecule has 3 heterocycles. The molecule has 8 heteroatoms. The summed E-state index contributed by atoms with van der Waals surface area (Å²) in [5.41, 5.74) is 0.609. The van der Waals surface area contributed by atoms with Gasteiger partial charge in [0, 0.05) is 44.3 Å². The van der Waals surface area contributed by atoms with Crippen LogP contribution in [-0.4, -0.2) is 64.6 Å². The highest BCUT2D eigenvalue weighted by atomic mass is 16.5. The molecule has 1 aliphatic heterocycles. The number of pyridine rings is 1. The number of hydrogen-bond donors (Lipinski definition) is 2. The first-order valence-corrected chi connectivity index (χ1v) is 8.05. The molecule has 3 rings (SSSR count). The van der Waals surface area contributed by atoms with Crippen LogP contribution in [0.1, 0.15) is 6.92 Å². The van der Waals surface area contributed by atoms with Crippen LogP contribution in [0.15, 0.2) is 36.8 Å². The smallest absolute Gasteiger partial charge is 0.319 e. The molecule has 2 N–H and O–H groups in total. The fourth-order valence-electron chi connectivity index (χ4n) is 2.67. The first-order chi connectivity index (χ1) is 11.7. The predicted octanol–water partition coefficient (Wildman–Crippen LogP) is 1.11. The van der Waals surface area contributed by atoms with Gasteiger partial charge in [0.15, 0.2) is 5.82 Å². The van der Waals surface area contributed by atoms with Crippen molar-refractivity contribution in [3.8, 4) is 5.82 Å². The molecule has 2 aromatic heterocycles. The number of ether oxygens (including phenoxy) is 1. The van der Waals surface area contributed by atoms with E-state index in [1.54, 1.807) is 35.4 Å². The van der Waals surface area contributed by atoms with Gasteiger partial charge in [0.1, 0.15) is 0 Å². The molecule has 0 radical (unpaired) electrons. The van der Waals surface area contributed by atoms with Gasteiger partial charge in [-0.15, -0.1) is 0 Å². The van der Waals surface area contributed by atoms with E-state index in [1.807, 2.05) is 13.0 Å². The van der Waals surface area contributed by atoms with Gasteiger partial charge in [0.05, 0.1) is 18.9 Å². The average Bonchev–Trinajstić information content (AvgIpc) is 3.10. The number of anilines is 1. The van der Waals surface area contributed by atoms with E-state index in [0.29, 0.717) is 11.5 Å². The molecule has 128 valence electrons. The van der Waals surface area contributed by atoms with Crippen molar-refractivity contribution in [1.82, 2.24) is 25.0 Å². The summed E-state index contributed by atoms with van der Waals surface area (Å²) in [4.78, 5) is 18.8. The molecule has 1 saturated heterocycles. The third-order valence-electron chi connectivity index (χ3n) is 3.77. The molecule has 0 aromatic carbocycles. The molecule has 1 atom stereocenters. The van der Waals surface area contributed by atoms with Gasteiger partial charge in [-0.1, -0.05) is 0 Å². The Kier molecular flexibility index (Phi) is 5.39. The summed E-state index contributed by atoms with van der Waals surface area (Å²) in [7, 11) is 0. The maximum Gasteiger partial charge on any atom is 0.319 e. The lowest BCUT2D eigenvalue weighted by atomic mass is 10.3. The lowest BCUT2D eigenvalue weighted by Gasteiger charge is -2.29. The van der Waals surface area contributed by atoms with Crippen molar-refractivity contribution >= 4 is 11.7 Å². The SMILES string of the molecule is C[C@H](CN1CCOCC1)NC(=O)Nc1cccnc1-n1cccn1. The molecule has 0 spiro atoms. The van der Waals surface area contributed by atoms with Crippen molar-refractivity contribution in [2.45, 2.75) is 13.0 Å². The Balaban J connectivity index is 1.57. The second-order valence-electron chi connectivity index (χ2n) is 5.74. The summed E-state index contributed by atoms with van der Waals surface area (Å²) in [6.45, 7) is 6.10. The van der Waals surface area contributed by atoms with Crippen LogP contribution in [-0.2, 0) is 4.74 Å². The third kappa shape index (κ3) is 4.30. The summed E-state index contributed by atoms with van der Waals surface area (Å²) < 4.78 is 6.95. The molecule has 2 amide bonds. The fourth-order valence-corrected chi connectivity index (χ4v) is 2.67. The highest BCUT2D eigenvalue weighted by molar-refractivity contribution is 5.91. The quantitative estimate of drug-likeness (QED) is 0.858. The summed E-state index contributed by atoms with van der Waals surface area (Å²) in [6.07, 6.45) is 5.12. The Hall–Kier alpha value is -2.45. The number of aromatic nitrogens is 3. The zero-order valence-electron chi connectivity index (χ0n) is 13.7. The molecule has 0 aliphatic carbocycles. The summed E-state index contributed by atoms with van der Waals surface area (Å²) in [5.74, 6) is 0.582. The van der Waals surface area contributed by atoms with Gasteiger partial charge in [0.2, 0.25) is 0 Å². The predicted molar refractivity (Wildman–Crippen MR) is 90.2 cm³/mol. The molecule has 1 fully saturated rings. The third-order valence-corrected chi connectivity index (χ3v) is 3.77. The highest BCUT2D eigenvalue weighted by Gasteiger charge is 2.16. The van der Waals surface area contributed by atoms with Gasteiger partial charge in [-0.05, 0) is 25.1 Å². The Morgan fingerprint density at radius 1 is 1.33 bits per heavy atom. The maximum absolute atomic E-state index is 12.3. The largest absolute Gasteiger partial charge is 0.379 e. The van der Waals surface area contributed by atoms with Crippen LogP contribution in [0.2, 0.25) is 0 Å². The number of urea groups is 1. The average molecular weight is 330 g/mol. The topological polar surface area (TPSA) is 84.3 Å². The zero-order chi connectivity index (χ0) is 16.8. The monoisotopic (exact) mass is 330 g/mol. The van der Waals surface area contributed by atoms with Gasteiger partial charge in [-0.3, -0.25) is 4.90 Å². The minimum absolute atomic E-state index is 0.0351. The standard InChI is InChI=1S/C16H22N6O2/c1-13(12-21-8-10-24-11-9-21)19-16(23)20-14-4-2-5-17-15(14)22-7-3-6-18-22/h2-7,13H,8-12H2,1H3,(H2,19,20,23)/t13-/m1/s1. The summed E-state index contributed by atoms with van der Waals surface area (Å²) in [6, 6.07) is 5.17. The van der Waals surface area contributed by atoms with Crippen molar-refractivity contribution < 1.29 is 9.53 Å². The Morgan fingerprint density at radius 3 is 2.92 bits per heavy atom.